The van der Waals surface area contributed by atoms with Gasteiger partial charge in [-0.3, -0.25) is 19.2 Å². The fourth-order valence-electron chi connectivity index (χ4n) is 8.63. The number of hydrogen-bond acceptors (Lipinski definition) is 8. The summed E-state index contributed by atoms with van der Waals surface area (Å²) in [6.45, 7) is 5.75. The summed E-state index contributed by atoms with van der Waals surface area (Å²) in [6.07, 6.45) is -0.159. The molecule has 0 saturated heterocycles. The Labute approximate surface area is 282 Å². The van der Waals surface area contributed by atoms with E-state index in [0.717, 1.165) is 0 Å². The lowest BCUT2D eigenvalue weighted by molar-refractivity contribution is -0.139. The molecule has 0 N–H and O–H groups in total. The van der Waals surface area contributed by atoms with Crippen LogP contribution in [0.5, 0.6) is 0 Å². The minimum atomic E-state index is -2.17. The van der Waals surface area contributed by atoms with Crippen LogP contribution in [0.25, 0.3) is 0 Å². The second kappa shape index (κ2) is 11.5. The number of hydrogen-bond donors (Lipinski definition) is 0. The molecule has 2 spiro atoms. The first kappa shape index (κ1) is 31.4. The van der Waals surface area contributed by atoms with Crippen molar-refractivity contribution in [2.45, 2.75) is 25.2 Å². The number of nitriles is 2. The van der Waals surface area contributed by atoms with Crippen molar-refractivity contribution in [3.8, 4) is 12.1 Å². The lowest BCUT2D eigenvalue weighted by Gasteiger charge is -2.56. The average Bonchev–Trinajstić information content (AvgIpc) is 3.49. The normalized spacial score (nSPS) is 21.2. The molecule has 4 aromatic carbocycles. The van der Waals surface area contributed by atoms with E-state index in [2.05, 4.69) is 18.7 Å². The van der Waals surface area contributed by atoms with Crippen LogP contribution in [-0.4, -0.2) is 35.7 Å². The highest BCUT2D eigenvalue weighted by Crippen LogP contribution is 2.71. The van der Waals surface area contributed by atoms with E-state index in [1.807, 2.05) is 0 Å². The summed E-state index contributed by atoms with van der Waals surface area (Å²) in [7, 11) is 0. The van der Waals surface area contributed by atoms with E-state index in [4.69, 9.17) is 4.74 Å². The molecule has 0 aliphatic heterocycles. The van der Waals surface area contributed by atoms with Gasteiger partial charge in [-0.15, -0.1) is 0 Å². The Hall–Kier alpha value is -6.25. The van der Waals surface area contributed by atoms with Gasteiger partial charge >= 0.3 is 5.97 Å². The highest BCUT2D eigenvalue weighted by molar-refractivity contribution is 6.35. The average molecular weight is 645 g/mol. The molecule has 8 heteroatoms. The molecule has 0 unspecified atom stereocenters. The zero-order chi connectivity index (χ0) is 34.7. The van der Waals surface area contributed by atoms with Crippen LogP contribution in [0, 0.1) is 39.4 Å². The van der Waals surface area contributed by atoms with Crippen molar-refractivity contribution in [1.82, 2.24) is 0 Å². The van der Waals surface area contributed by atoms with Crippen molar-refractivity contribution >= 4 is 29.1 Å². The molecule has 0 radical (unpaired) electrons. The van der Waals surface area contributed by atoms with Crippen LogP contribution in [0.4, 0.5) is 0 Å². The molecule has 0 bridgehead atoms. The number of fused-ring (bicyclic) bond motifs is 2. The first-order valence-corrected chi connectivity index (χ1v) is 15.9. The van der Waals surface area contributed by atoms with Gasteiger partial charge in [-0.2, -0.15) is 10.5 Å². The van der Waals surface area contributed by atoms with Crippen LogP contribution in [0.2, 0.25) is 0 Å². The summed E-state index contributed by atoms with van der Waals surface area (Å²) < 4.78 is 5.39. The standard InChI is InChI=1S/C41H28N2O6/c1-3-49-39(48)23(2)32-20-33(26-16-12-24(21-42)13-17-26)41(37(46)30-10-6-7-11-31(30)38(41)47)34(27-18-14-25(22-43)15-19-27)40(32)35(44)28-8-4-5-9-29(28)36(40)45/h4-19,32-34H,2-3,20H2,1H3/t32-,33+,34+/m0/s1. The van der Waals surface area contributed by atoms with Crippen molar-refractivity contribution in [2.75, 3.05) is 6.61 Å². The monoisotopic (exact) mass is 644 g/mol. The summed E-state index contributed by atoms with van der Waals surface area (Å²) in [5.74, 6) is -6.78. The van der Waals surface area contributed by atoms with Gasteiger partial charge < -0.3 is 4.74 Å². The van der Waals surface area contributed by atoms with Gasteiger partial charge in [0.2, 0.25) is 0 Å². The second-order valence-corrected chi connectivity index (χ2v) is 12.6. The Balaban J connectivity index is 1.64. The Morgan fingerprint density at radius 3 is 1.51 bits per heavy atom. The van der Waals surface area contributed by atoms with Crippen LogP contribution < -0.4 is 0 Å². The number of esters is 1. The van der Waals surface area contributed by atoms with Crippen LogP contribution in [-0.2, 0) is 9.53 Å². The van der Waals surface area contributed by atoms with E-state index in [1.54, 1.807) is 79.7 Å². The highest BCUT2D eigenvalue weighted by atomic mass is 16.5. The van der Waals surface area contributed by atoms with Crippen molar-refractivity contribution in [1.29, 1.82) is 10.5 Å². The van der Waals surface area contributed by atoms with Crippen LogP contribution in [0.1, 0.15) is 88.9 Å². The Morgan fingerprint density at radius 2 is 1.10 bits per heavy atom. The molecule has 3 aliphatic rings. The summed E-state index contributed by atoms with van der Waals surface area (Å²) >= 11 is 0. The summed E-state index contributed by atoms with van der Waals surface area (Å²) in [4.78, 5) is 74.6. The zero-order valence-electron chi connectivity index (χ0n) is 26.4. The van der Waals surface area contributed by atoms with E-state index in [-0.39, 0.29) is 40.9 Å². The molecule has 1 saturated carbocycles. The number of ketones is 4. The third-order valence-corrected chi connectivity index (χ3v) is 10.6. The maximum Gasteiger partial charge on any atom is 0.333 e. The molecule has 3 atom stereocenters. The zero-order valence-corrected chi connectivity index (χ0v) is 26.4. The molecule has 0 heterocycles. The summed E-state index contributed by atoms with van der Waals surface area (Å²) in [6, 6.07) is 29.6. The minimum absolute atomic E-state index is 0.00795. The molecule has 7 rings (SSSR count). The predicted octanol–water partition coefficient (Wildman–Crippen LogP) is 6.57. The molecule has 3 aliphatic carbocycles. The van der Waals surface area contributed by atoms with Gasteiger partial charge in [0.05, 0.1) is 29.9 Å². The third-order valence-electron chi connectivity index (χ3n) is 10.6. The number of Topliss-reactive ketones (excluding diaryl/α,β-unsaturated/α-hetero) is 4. The molecular weight excluding hydrogens is 616 g/mol. The molecule has 49 heavy (non-hydrogen) atoms. The molecule has 1 fully saturated rings. The van der Waals surface area contributed by atoms with Gasteiger partial charge in [0.1, 0.15) is 10.8 Å². The molecule has 4 aromatic rings. The van der Waals surface area contributed by atoms with Gasteiger partial charge in [-0.05, 0) is 48.7 Å². The largest absolute Gasteiger partial charge is 0.463 e. The third kappa shape index (κ3) is 4.11. The van der Waals surface area contributed by atoms with E-state index in [1.165, 1.54) is 24.3 Å². The quantitative estimate of drug-likeness (QED) is 0.135. The van der Waals surface area contributed by atoms with Crippen molar-refractivity contribution in [3.63, 3.8) is 0 Å². The molecule has 8 nitrogen and oxygen atoms in total. The van der Waals surface area contributed by atoms with Crippen LogP contribution >= 0.6 is 0 Å². The van der Waals surface area contributed by atoms with E-state index >= 15 is 19.2 Å². The molecule has 0 aromatic heterocycles. The van der Waals surface area contributed by atoms with Crippen molar-refractivity contribution in [2.24, 2.45) is 16.7 Å². The smallest absolute Gasteiger partial charge is 0.333 e. The lowest BCUT2D eigenvalue weighted by atomic mass is 9.41. The number of rotatable bonds is 5. The number of benzene rings is 4. The molecule has 238 valence electrons. The minimum Gasteiger partial charge on any atom is -0.463 e. The fourth-order valence-corrected chi connectivity index (χ4v) is 8.63. The molecular formula is C41H28N2O6. The van der Waals surface area contributed by atoms with Gasteiger partial charge in [0, 0.05) is 45.6 Å². The molecule has 0 amide bonds. The van der Waals surface area contributed by atoms with E-state index in [9.17, 15) is 15.3 Å². The maximum atomic E-state index is 15.3. The Morgan fingerprint density at radius 1 is 0.694 bits per heavy atom. The van der Waals surface area contributed by atoms with Crippen molar-refractivity contribution < 1.29 is 28.7 Å². The van der Waals surface area contributed by atoms with Gasteiger partial charge in [-0.1, -0.05) is 79.4 Å². The van der Waals surface area contributed by atoms with E-state index < -0.39 is 57.7 Å². The predicted molar refractivity (Wildman–Crippen MR) is 177 cm³/mol. The van der Waals surface area contributed by atoms with Crippen molar-refractivity contribution in [3.05, 3.63) is 154 Å². The fraction of sp³-hybridized carbons (Fsp3) is 0.195. The van der Waals surface area contributed by atoms with Gasteiger partial charge in [0.15, 0.2) is 23.1 Å². The van der Waals surface area contributed by atoms with E-state index in [0.29, 0.717) is 22.3 Å². The second-order valence-electron chi connectivity index (χ2n) is 12.6. The Kier molecular flexibility index (Phi) is 7.34. The topological polar surface area (TPSA) is 142 Å². The van der Waals surface area contributed by atoms with Gasteiger partial charge in [-0.25, -0.2) is 4.79 Å². The highest BCUT2D eigenvalue weighted by Gasteiger charge is 2.77. The lowest BCUT2D eigenvalue weighted by Crippen LogP contribution is -2.62. The summed E-state index contributed by atoms with van der Waals surface area (Å²) in [5.41, 5.74) is -2.31. The van der Waals surface area contributed by atoms with Gasteiger partial charge in [0.25, 0.3) is 0 Å². The SMILES string of the molecule is C=C(C(=O)OCC)[C@@H]1C[C@H](c2ccc(C#N)cc2)C2(C(=O)c3ccccc3C2=O)[C@H](c2ccc(C#N)cc2)C12C(=O)c1ccccc1C2=O. The number of carbonyl (C=O) groups excluding carboxylic acids is 5. The van der Waals surface area contributed by atoms with Crippen LogP contribution in [0.3, 0.4) is 0 Å². The Bertz CT molecular complexity index is 2150. The van der Waals surface area contributed by atoms with Crippen LogP contribution in [0.15, 0.2) is 109 Å². The summed E-state index contributed by atoms with van der Waals surface area (Å²) in [5, 5.41) is 19.2. The number of nitrogens with zero attached hydrogens (tertiary/aromatic N) is 2. The number of ether oxygens (including phenoxy) is 1. The first-order chi connectivity index (χ1) is 23.7. The maximum absolute atomic E-state index is 15.3. The first-order valence-electron chi connectivity index (χ1n) is 15.9. The number of carbonyl (C=O) groups is 5.